The lowest BCUT2D eigenvalue weighted by atomic mass is 10.0. The Labute approximate surface area is 91.2 Å². The molecule has 0 spiro atoms. The fourth-order valence-corrected chi connectivity index (χ4v) is 1.62. The Balaban J connectivity index is 2.88. The zero-order valence-electron chi connectivity index (χ0n) is 9.42. The van der Waals surface area contributed by atoms with E-state index in [-0.39, 0.29) is 5.75 Å². The first-order valence-corrected chi connectivity index (χ1v) is 5.17. The number of allylic oxidation sites excluding steroid dienone is 1. The molecule has 0 aromatic heterocycles. The summed E-state index contributed by atoms with van der Waals surface area (Å²) >= 11 is 0. The summed E-state index contributed by atoms with van der Waals surface area (Å²) in [6, 6.07) is 3.77. The van der Waals surface area contributed by atoms with Gasteiger partial charge in [0.2, 0.25) is 0 Å². The maximum atomic E-state index is 9.92. The summed E-state index contributed by atoms with van der Waals surface area (Å²) in [6.45, 7) is 5.69. The van der Waals surface area contributed by atoms with Crippen LogP contribution in [0.4, 0.5) is 0 Å². The Morgan fingerprint density at radius 3 is 2.80 bits per heavy atom. The largest absolute Gasteiger partial charge is 0.504 e. The van der Waals surface area contributed by atoms with Crippen LogP contribution in [0.1, 0.15) is 24.0 Å². The predicted octanol–water partition coefficient (Wildman–Crippen LogP) is 3.22. The zero-order chi connectivity index (χ0) is 11.3. The van der Waals surface area contributed by atoms with Crippen LogP contribution in [0.25, 0.3) is 0 Å². The molecule has 2 nitrogen and oxygen atoms in total. The summed E-state index contributed by atoms with van der Waals surface area (Å²) in [4.78, 5) is 0. The molecule has 1 N–H and O–H groups in total. The first kappa shape index (κ1) is 11.6. The smallest absolute Gasteiger partial charge is 0.161 e. The normalized spacial score (nSPS) is 10.0. The molecule has 0 aliphatic heterocycles. The van der Waals surface area contributed by atoms with Crippen LogP contribution < -0.4 is 4.74 Å². The summed E-state index contributed by atoms with van der Waals surface area (Å²) in [5.41, 5.74) is 2.09. The van der Waals surface area contributed by atoms with Gasteiger partial charge >= 0.3 is 0 Å². The third-order valence-electron chi connectivity index (χ3n) is 2.53. The topological polar surface area (TPSA) is 29.5 Å². The number of phenols is 1. The maximum absolute atomic E-state index is 9.92. The quantitative estimate of drug-likeness (QED) is 0.592. The highest BCUT2D eigenvalue weighted by Gasteiger charge is 2.09. The molecule has 0 unspecified atom stereocenters. The van der Waals surface area contributed by atoms with Gasteiger partial charge in [-0.25, -0.2) is 0 Å². The molecule has 1 aromatic carbocycles. The van der Waals surface area contributed by atoms with E-state index in [1.165, 1.54) is 0 Å². The molecule has 0 amide bonds. The molecule has 0 saturated carbocycles. The number of aromatic hydroxyl groups is 1. The van der Waals surface area contributed by atoms with Gasteiger partial charge in [0, 0.05) is 5.56 Å². The number of hydrogen-bond acceptors (Lipinski definition) is 2. The summed E-state index contributed by atoms with van der Waals surface area (Å²) in [6.07, 6.45) is 4.73. The van der Waals surface area contributed by atoms with Crippen LogP contribution in [-0.4, -0.2) is 12.2 Å². The molecule has 0 heterocycles. The van der Waals surface area contributed by atoms with E-state index in [2.05, 4.69) is 6.58 Å². The van der Waals surface area contributed by atoms with Gasteiger partial charge in [-0.15, -0.1) is 6.58 Å². The minimum Gasteiger partial charge on any atom is -0.504 e. The van der Waals surface area contributed by atoms with E-state index in [1.54, 1.807) is 13.2 Å². The van der Waals surface area contributed by atoms with Crippen LogP contribution in [-0.2, 0) is 6.42 Å². The predicted molar refractivity (Wildman–Crippen MR) is 62.5 cm³/mol. The van der Waals surface area contributed by atoms with E-state index in [0.717, 1.165) is 30.4 Å². The molecule has 82 valence electrons. The average Bonchev–Trinajstić information content (AvgIpc) is 2.23. The van der Waals surface area contributed by atoms with Crippen LogP contribution in [0, 0.1) is 6.92 Å². The number of phenolic OH excluding ortho intramolecular Hbond substituents is 1. The molecule has 0 bridgehead atoms. The second-order valence-corrected chi connectivity index (χ2v) is 3.59. The van der Waals surface area contributed by atoms with Crippen molar-refractivity contribution in [3.8, 4) is 11.5 Å². The van der Waals surface area contributed by atoms with E-state index in [9.17, 15) is 5.11 Å². The third-order valence-corrected chi connectivity index (χ3v) is 2.53. The highest BCUT2D eigenvalue weighted by atomic mass is 16.5. The van der Waals surface area contributed by atoms with Crippen molar-refractivity contribution < 1.29 is 9.84 Å². The zero-order valence-corrected chi connectivity index (χ0v) is 9.42. The summed E-state index contributed by atoms with van der Waals surface area (Å²) < 4.78 is 5.08. The fraction of sp³-hybridized carbons (Fsp3) is 0.385. The lowest BCUT2D eigenvalue weighted by Gasteiger charge is -2.11. The van der Waals surface area contributed by atoms with Gasteiger partial charge in [-0.2, -0.15) is 0 Å². The highest BCUT2D eigenvalue weighted by molar-refractivity contribution is 5.49. The van der Waals surface area contributed by atoms with Gasteiger partial charge in [0.1, 0.15) is 0 Å². The Bertz CT molecular complexity index is 343. The van der Waals surface area contributed by atoms with Crippen LogP contribution in [0.3, 0.4) is 0 Å². The number of hydrogen-bond donors (Lipinski definition) is 1. The van der Waals surface area contributed by atoms with E-state index >= 15 is 0 Å². The second kappa shape index (κ2) is 5.44. The van der Waals surface area contributed by atoms with Gasteiger partial charge in [-0.1, -0.05) is 12.1 Å². The molecule has 0 fully saturated rings. The van der Waals surface area contributed by atoms with Crippen LogP contribution in [0.2, 0.25) is 0 Å². The van der Waals surface area contributed by atoms with Crippen LogP contribution in [0.15, 0.2) is 24.8 Å². The maximum Gasteiger partial charge on any atom is 0.161 e. The van der Waals surface area contributed by atoms with Crippen molar-refractivity contribution >= 4 is 0 Å². The van der Waals surface area contributed by atoms with Crippen LogP contribution in [0.5, 0.6) is 11.5 Å². The number of methoxy groups -OCH3 is 1. The van der Waals surface area contributed by atoms with Gasteiger partial charge in [-0.05, 0) is 37.8 Å². The molecule has 0 radical (unpaired) electrons. The first-order chi connectivity index (χ1) is 7.20. The molecule has 15 heavy (non-hydrogen) atoms. The Morgan fingerprint density at radius 1 is 1.47 bits per heavy atom. The number of unbranched alkanes of at least 4 members (excludes halogenated alkanes) is 1. The number of rotatable bonds is 5. The summed E-state index contributed by atoms with van der Waals surface area (Å²) in [5.74, 6) is 0.829. The van der Waals surface area contributed by atoms with Crippen LogP contribution >= 0.6 is 0 Å². The number of ether oxygens (including phenoxy) is 1. The van der Waals surface area contributed by atoms with Crippen molar-refractivity contribution in [2.24, 2.45) is 0 Å². The van der Waals surface area contributed by atoms with Crippen molar-refractivity contribution in [1.29, 1.82) is 0 Å². The molecule has 0 aliphatic carbocycles. The molecule has 0 atom stereocenters. The van der Waals surface area contributed by atoms with E-state index in [0.29, 0.717) is 5.75 Å². The van der Waals surface area contributed by atoms with Gasteiger partial charge in [-0.3, -0.25) is 0 Å². The minimum atomic E-state index is 0.279. The monoisotopic (exact) mass is 206 g/mol. The Kier molecular flexibility index (Phi) is 4.22. The third kappa shape index (κ3) is 2.75. The van der Waals surface area contributed by atoms with E-state index in [1.807, 2.05) is 19.1 Å². The van der Waals surface area contributed by atoms with Crippen molar-refractivity contribution in [3.63, 3.8) is 0 Å². The average molecular weight is 206 g/mol. The summed E-state index contributed by atoms with van der Waals surface area (Å²) in [5, 5.41) is 9.92. The van der Waals surface area contributed by atoms with Gasteiger partial charge in [0.05, 0.1) is 7.11 Å². The molecule has 0 aliphatic rings. The van der Waals surface area contributed by atoms with Gasteiger partial charge in [0.15, 0.2) is 11.5 Å². The van der Waals surface area contributed by atoms with E-state index in [4.69, 9.17) is 4.74 Å². The Hall–Kier alpha value is -1.44. The van der Waals surface area contributed by atoms with Crippen molar-refractivity contribution in [2.75, 3.05) is 7.11 Å². The lowest BCUT2D eigenvalue weighted by Crippen LogP contribution is -1.93. The molecule has 0 saturated heterocycles. The second-order valence-electron chi connectivity index (χ2n) is 3.59. The van der Waals surface area contributed by atoms with E-state index < -0.39 is 0 Å². The number of benzene rings is 1. The molecule has 1 aromatic rings. The Morgan fingerprint density at radius 2 is 2.20 bits per heavy atom. The SMILES string of the molecule is C=CCCCc1c(C)ccc(OC)c1O. The fourth-order valence-electron chi connectivity index (χ4n) is 1.62. The molecular formula is C13H18O2. The molecule has 2 heteroatoms. The van der Waals surface area contributed by atoms with Crippen molar-refractivity contribution in [1.82, 2.24) is 0 Å². The summed E-state index contributed by atoms with van der Waals surface area (Å²) in [7, 11) is 1.57. The minimum absolute atomic E-state index is 0.279. The van der Waals surface area contributed by atoms with Gasteiger partial charge < -0.3 is 9.84 Å². The standard InChI is InChI=1S/C13H18O2/c1-4-5-6-7-11-10(2)8-9-12(15-3)13(11)14/h4,8-9,14H,1,5-7H2,2-3H3. The number of aryl methyl sites for hydroxylation is 1. The van der Waals surface area contributed by atoms with Crippen molar-refractivity contribution in [3.05, 3.63) is 35.9 Å². The molecule has 1 rings (SSSR count). The van der Waals surface area contributed by atoms with Gasteiger partial charge in [0.25, 0.3) is 0 Å². The molecular weight excluding hydrogens is 188 g/mol. The lowest BCUT2D eigenvalue weighted by molar-refractivity contribution is 0.370. The van der Waals surface area contributed by atoms with Crippen molar-refractivity contribution in [2.45, 2.75) is 26.2 Å². The first-order valence-electron chi connectivity index (χ1n) is 5.17. The highest BCUT2D eigenvalue weighted by Crippen LogP contribution is 2.32.